The molecule has 3 rings (SSSR count). The maximum Gasteiger partial charge on any atom is 0.161 e. The number of benzene rings is 2. The molecule has 1 aliphatic heterocycles. The standard InChI is InChI=1S/C21H27NO3/c1-16-4-7-18(8-5-16)13-22-10-11-24-19(14-22)15-25-20-9-6-17(2)12-21(20)23-3/h4-9,12,19H,10-11,13-15H2,1-3H3. The van der Waals surface area contributed by atoms with Gasteiger partial charge in [-0.05, 0) is 37.1 Å². The summed E-state index contributed by atoms with van der Waals surface area (Å²) in [5, 5.41) is 0. The van der Waals surface area contributed by atoms with Crippen LogP contribution in [0.5, 0.6) is 11.5 Å². The van der Waals surface area contributed by atoms with Crippen LogP contribution < -0.4 is 9.47 Å². The van der Waals surface area contributed by atoms with Gasteiger partial charge in [0.2, 0.25) is 0 Å². The maximum absolute atomic E-state index is 5.96. The van der Waals surface area contributed by atoms with E-state index in [1.54, 1.807) is 7.11 Å². The van der Waals surface area contributed by atoms with Crippen LogP contribution in [0.2, 0.25) is 0 Å². The van der Waals surface area contributed by atoms with E-state index >= 15 is 0 Å². The van der Waals surface area contributed by atoms with Crippen molar-refractivity contribution in [3.05, 3.63) is 59.2 Å². The second-order valence-corrected chi connectivity index (χ2v) is 6.68. The molecule has 0 bridgehead atoms. The van der Waals surface area contributed by atoms with Crippen LogP contribution in [0.1, 0.15) is 16.7 Å². The predicted octanol–water partition coefficient (Wildman–Crippen LogP) is 3.59. The van der Waals surface area contributed by atoms with Gasteiger partial charge in [0.25, 0.3) is 0 Å². The van der Waals surface area contributed by atoms with Crippen molar-refractivity contribution in [1.29, 1.82) is 0 Å². The molecule has 1 fully saturated rings. The minimum atomic E-state index is 0.0743. The lowest BCUT2D eigenvalue weighted by Gasteiger charge is -2.33. The zero-order valence-corrected chi connectivity index (χ0v) is 15.3. The van der Waals surface area contributed by atoms with Crippen molar-refractivity contribution < 1.29 is 14.2 Å². The maximum atomic E-state index is 5.96. The number of methoxy groups -OCH3 is 1. The summed E-state index contributed by atoms with van der Waals surface area (Å²) in [7, 11) is 1.67. The molecule has 0 spiro atoms. The molecule has 1 heterocycles. The van der Waals surface area contributed by atoms with Gasteiger partial charge in [-0.25, -0.2) is 0 Å². The third-order valence-corrected chi connectivity index (χ3v) is 4.49. The largest absolute Gasteiger partial charge is 0.493 e. The van der Waals surface area contributed by atoms with Gasteiger partial charge in [-0.2, -0.15) is 0 Å². The Morgan fingerprint density at radius 3 is 2.56 bits per heavy atom. The van der Waals surface area contributed by atoms with Crippen molar-refractivity contribution in [3.63, 3.8) is 0 Å². The van der Waals surface area contributed by atoms with E-state index in [2.05, 4.69) is 36.1 Å². The minimum absolute atomic E-state index is 0.0743. The summed E-state index contributed by atoms with van der Waals surface area (Å²) >= 11 is 0. The number of ether oxygens (including phenoxy) is 3. The van der Waals surface area contributed by atoms with E-state index in [0.717, 1.165) is 43.3 Å². The molecule has 1 atom stereocenters. The first kappa shape index (κ1) is 17.8. The van der Waals surface area contributed by atoms with Crippen LogP contribution in [0, 0.1) is 13.8 Å². The lowest BCUT2D eigenvalue weighted by Crippen LogP contribution is -2.44. The third-order valence-electron chi connectivity index (χ3n) is 4.49. The van der Waals surface area contributed by atoms with Gasteiger partial charge in [-0.3, -0.25) is 4.90 Å². The Morgan fingerprint density at radius 2 is 1.80 bits per heavy atom. The fourth-order valence-electron chi connectivity index (χ4n) is 3.05. The van der Waals surface area contributed by atoms with Gasteiger partial charge in [0, 0.05) is 19.6 Å². The van der Waals surface area contributed by atoms with E-state index in [1.165, 1.54) is 11.1 Å². The van der Waals surface area contributed by atoms with Crippen LogP contribution in [-0.4, -0.2) is 44.4 Å². The van der Waals surface area contributed by atoms with Gasteiger partial charge in [0.05, 0.1) is 13.7 Å². The van der Waals surface area contributed by atoms with Crippen LogP contribution in [0.15, 0.2) is 42.5 Å². The molecule has 0 radical (unpaired) electrons. The average molecular weight is 341 g/mol. The van der Waals surface area contributed by atoms with Gasteiger partial charge in [0.1, 0.15) is 12.7 Å². The molecule has 0 N–H and O–H groups in total. The number of hydrogen-bond donors (Lipinski definition) is 0. The summed E-state index contributed by atoms with van der Waals surface area (Å²) in [4.78, 5) is 2.43. The first-order chi connectivity index (χ1) is 12.1. The number of hydrogen-bond acceptors (Lipinski definition) is 4. The second kappa shape index (κ2) is 8.37. The van der Waals surface area contributed by atoms with E-state index in [-0.39, 0.29) is 6.10 Å². The van der Waals surface area contributed by atoms with Gasteiger partial charge < -0.3 is 14.2 Å². The second-order valence-electron chi connectivity index (χ2n) is 6.68. The van der Waals surface area contributed by atoms with E-state index in [0.29, 0.717) is 6.61 Å². The first-order valence-electron chi connectivity index (χ1n) is 8.81. The predicted molar refractivity (Wildman–Crippen MR) is 99.4 cm³/mol. The van der Waals surface area contributed by atoms with Crippen molar-refractivity contribution in [1.82, 2.24) is 4.90 Å². The fraction of sp³-hybridized carbons (Fsp3) is 0.429. The molecule has 1 unspecified atom stereocenters. The fourth-order valence-corrected chi connectivity index (χ4v) is 3.05. The topological polar surface area (TPSA) is 30.9 Å². The summed E-state index contributed by atoms with van der Waals surface area (Å²) in [6.07, 6.45) is 0.0743. The molecule has 4 nitrogen and oxygen atoms in total. The number of aryl methyl sites for hydroxylation is 2. The molecule has 2 aromatic carbocycles. The molecule has 2 aromatic rings. The molecule has 0 aliphatic carbocycles. The Bertz CT molecular complexity index is 684. The summed E-state index contributed by atoms with van der Waals surface area (Å²) < 4.78 is 17.2. The van der Waals surface area contributed by atoms with Crippen molar-refractivity contribution in [2.24, 2.45) is 0 Å². The van der Waals surface area contributed by atoms with Gasteiger partial charge >= 0.3 is 0 Å². The first-order valence-corrected chi connectivity index (χ1v) is 8.81. The Labute approximate surface area is 150 Å². The molecule has 1 aliphatic rings. The van der Waals surface area contributed by atoms with E-state index in [9.17, 15) is 0 Å². The van der Waals surface area contributed by atoms with E-state index in [1.807, 2.05) is 25.1 Å². The molecule has 4 heteroatoms. The Morgan fingerprint density at radius 1 is 1.04 bits per heavy atom. The van der Waals surface area contributed by atoms with Crippen LogP contribution in [0.4, 0.5) is 0 Å². The summed E-state index contributed by atoms with van der Waals surface area (Å²) in [5.74, 6) is 1.54. The van der Waals surface area contributed by atoms with Crippen LogP contribution >= 0.6 is 0 Å². The lowest BCUT2D eigenvalue weighted by atomic mass is 10.1. The third kappa shape index (κ3) is 4.97. The number of rotatable bonds is 6. The normalized spacial score (nSPS) is 18.1. The smallest absolute Gasteiger partial charge is 0.161 e. The molecule has 134 valence electrons. The quantitative estimate of drug-likeness (QED) is 0.803. The number of nitrogens with zero attached hydrogens (tertiary/aromatic N) is 1. The Hall–Kier alpha value is -2.04. The van der Waals surface area contributed by atoms with Crippen molar-refractivity contribution >= 4 is 0 Å². The zero-order chi connectivity index (χ0) is 17.6. The van der Waals surface area contributed by atoms with Gasteiger partial charge in [0.15, 0.2) is 11.5 Å². The van der Waals surface area contributed by atoms with Crippen LogP contribution in [0.3, 0.4) is 0 Å². The van der Waals surface area contributed by atoms with Crippen molar-refractivity contribution in [2.75, 3.05) is 33.4 Å². The Balaban J connectivity index is 1.54. The average Bonchev–Trinajstić information content (AvgIpc) is 2.63. The monoisotopic (exact) mass is 341 g/mol. The van der Waals surface area contributed by atoms with Gasteiger partial charge in [-0.1, -0.05) is 35.9 Å². The number of morpholine rings is 1. The molecule has 25 heavy (non-hydrogen) atoms. The highest BCUT2D eigenvalue weighted by atomic mass is 16.5. The van der Waals surface area contributed by atoms with Crippen molar-refractivity contribution in [2.45, 2.75) is 26.5 Å². The molecular weight excluding hydrogens is 314 g/mol. The van der Waals surface area contributed by atoms with Crippen LogP contribution in [-0.2, 0) is 11.3 Å². The summed E-state index contributed by atoms with van der Waals surface area (Å²) in [5.41, 5.74) is 3.79. The molecule has 0 amide bonds. The van der Waals surface area contributed by atoms with Gasteiger partial charge in [-0.15, -0.1) is 0 Å². The highest BCUT2D eigenvalue weighted by molar-refractivity contribution is 5.42. The summed E-state index contributed by atoms with van der Waals surface area (Å²) in [6, 6.07) is 14.7. The molecule has 0 saturated carbocycles. The molecule has 1 saturated heterocycles. The Kier molecular flexibility index (Phi) is 5.95. The lowest BCUT2D eigenvalue weighted by molar-refractivity contribution is -0.0506. The molecule has 0 aromatic heterocycles. The van der Waals surface area contributed by atoms with E-state index < -0.39 is 0 Å². The van der Waals surface area contributed by atoms with Crippen molar-refractivity contribution in [3.8, 4) is 11.5 Å². The zero-order valence-electron chi connectivity index (χ0n) is 15.3. The summed E-state index contributed by atoms with van der Waals surface area (Å²) in [6.45, 7) is 8.22. The van der Waals surface area contributed by atoms with E-state index in [4.69, 9.17) is 14.2 Å². The SMILES string of the molecule is COc1cc(C)ccc1OCC1CN(Cc2ccc(C)cc2)CCO1. The minimum Gasteiger partial charge on any atom is -0.493 e. The highest BCUT2D eigenvalue weighted by Gasteiger charge is 2.21. The van der Waals surface area contributed by atoms with Crippen LogP contribution in [0.25, 0.3) is 0 Å². The highest BCUT2D eigenvalue weighted by Crippen LogP contribution is 2.28. The molecular formula is C21H27NO3.